The Labute approximate surface area is 127 Å². The summed E-state index contributed by atoms with van der Waals surface area (Å²) in [5, 5.41) is 4.79. The van der Waals surface area contributed by atoms with Crippen molar-refractivity contribution >= 4 is 11.6 Å². The van der Waals surface area contributed by atoms with Crippen LogP contribution in [0.5, 0.6) is 0 Å². The third-order valence-electron chi connectivity index (χ3n) is 3.33. The van der Waals surface area contributed by atoms with E-state index in [1.165, 1.54) is 6.33 Å². The van der Waals surface area contributed by atoms with Crippen LogP contribution in [0.3, 0.4) is 0 Å². The third kappa shape index (κ3) is 3.08. The van der Waals surface area contributed by atoms with E-state index in [2.05, 4.69) is 10.1 Å². The van der Waals surface area contributed by atoms with Gasteiger partial charge >= 0.3 is 0 Å². The molecule has 1 aliphatic heterocycles. The Kier molecular flexibility index (Phi) is 4.21. The first kappa shape index (κ1) is 14.5. The van der Waals surface area contributed by atoms with Crippen LogP contribution < -0.4 is 0 Å². The van der Waals surface area contributed by atoms with E-state index >= 15 is 0 Å². The van der Waals surface area contributed by atoms with E-state index in [1.54, 1.807) is 18.1 Å². The topological polar surface area (TPSA) is 58.4 Å². The summed E-state index contributed by atoms with van der Waals surface area (Å²) in [6, 6.07) is 7.43. The lowest BCUT2D eigenvalue weighted by Crippen LogP contribution is -2.34. The fraction of sp³-hybridized carbons (Fsp3) is 0.429. The second kappa shape index (κ2) is 6.11. The van der Waals surface area contributed by atoms with Gasteiger partial charge < -0.3 is 14.2 Å². The van der Waals surface area contributed by atoms with Crippen LogP contribution in [0.15, 0.2) is 36.9 Å². The highest BCUT2D eigenvalue weighted by molar-refractivity contribution is 6.30. The van der Waals surface area contributed by atoms with Gasteiger partial charge in [-0.1, -0.05) is 23.7 Å². The molecule has 2 atom stereocenters. The molecule has 0 N–H and O–H groups in total. The van der Waals surface area contributed by atoms with Crippen LogP contribution in [0.25, 0.3) is 0 Å². The molecule has 21 heavy (non-hydrogen) atoms. The molecule has 0 spiro atoms. The zero-order valence-corrected chi connectivity index (χ0v) is 12.4. The first-order chi connectivity index (χ1) is 10.2. The molecule has 2 aromatic rings. The Morgan fingerprint density at radius 1 is 1.43 bits per heavy atom. The number of hydrogen-bond acceptors (Lipinski definition) is 5. The molecule has 112 valence electrons. The van der Waals surface area contributed by atoms with Crippen LogP contribution in [0.1, 0.15) is 5.56 Å². The van der Waals surface area contributed by atoms with Crippen LogP contribution in [0.2, 0.25) is 5.02 Å². The number of benzene rings is 1. The van der Waals surface area contributed by atoms with Gasteiger partial charge in [-0.15, -0.1) is 0 Å². The fourth-order valence-corrected chi connectivity index (χ4v) is 2.52. The SMILES string of the molecule is COCC1COC(Cn2cncn2)(c2ccc(Cl)cc2)O1. The van der Waals surface area contributed by atoms with Crippen LogP contribution >= 0.6 is 11.6 Å². The molecule has 1 fully saturated rings. The van der Waals surface area contributed by atoms with E-state index in [0.29, 0.717) is 24.8 Å². The Morgan fingerprint density at radius 3 is 2.90 bits per heavy atom. The van der Waals surface area contributed by atoms with Crippen molar-refractivity contribution in [3.8, 4) is 0 Å². The Balaban J connectivity index is 1.89. The van der Waals surface area contributed by atoms with Gasteiger partial charge in [0.15, 0.2) is 0 Å². The summed E-state index contributed by atoms with van der Waals surface area (Å²) in [6.07, 6.45) is 3.00. The molecule has 1 aromatic heterocycles. The summed E-state index contributed by atoms with van der Waals surface area (Å²) >= 11 is 5.96. The van der Waals surface area contributed by atoms with Crippen LogP contribution in [0, 0.1) is 0 Å². The number of nitrogens with zero attached hydrogens (tertiary/aromatic N) is 3. The molecular weight excluding hydrogens is 294 g/mol. The van der Waals surface area contributed by atoms with E-state index in [1.807, 2.05) is 24.3 Å². The normalized spacial score (nSPS) is 25.3. The van der Waals surface area contributed by atoms with Crippen molar-refractivity contribution in [1.29, 1.82) is 0 Å². The number of methoxy groups -OCH3 is 1. The summed E-state index contributed by atoms with van der Waals surface area (Å²) < 4.78 is 18.9. The second-order valence-corrected chi connectivity index (χ2v) is 5.30. The summed E-state index contributed by atoms with van der Waals surface area (Å²) in [7, 11) is 1.64. The van der Waals surface area contributed by atoms with Gasteiger partial charge in [-0.2, -0.15) is 5.10 Å². The zero-order valence-electron chi connectivity index (χ0n) is 11.6. The highest BCUT2D eigenvalue weighted by atomic mass is 35.5. The standard InChI is InChI=1S/C14H16ClN3O3/c1-19-6-13-7-20-14(21-13,8-18-10-16-9-17-18)11-2-4-12(15)5-3-11/h2-5,9-10,13H,6-8H2,1H3. The maximum atomic E-state index is 6.11. The minimum absolute atomic E-state index is 0.116. The molecule has 0 radical (unpaired) electrons. The molecule has 2 unspecified atom stereocenters. The number of hydrogen-bond donors (Lipinski definition) is 0. The van der Waals surface area contributed by atoms with Gasteiger partial charge in [0, 0.05) is 17.7 Å². The van der Waals surface area contributed by atoms with Crippen molar-refractivity contribution in [2.45, 2.75) is 18.4 Å². The Morgan fingerprint density at radius 2 is 2.24 bits per heavy atom. The fourth-order valence-electron chi connectivity index (χ4n) is 2.39. The molecule has 0 saturated carbocycles. The van der Waals surface area contributed by atoms with Crippen molar-refractivity contribution < 1.29 is 14.2 Å². The largest absolute Gasteiger partial charge is 0.382 e. The van der Waals surface area contributed by atoms with Crippen molar-refractivity contribution in [2.75, 3.05) is 20.3 Å². The van der Waals surface area contributed by atoms with Crippen molar-refractivity contribution in [2.24, 2.45) is 0 Å². The first-order valence-corrected chi connectivity index (χ1v) is 6.99. The smallest absolute Gasteiger partial charge is 0.215 e. The highest BCUT2D eigenvalue weighted by Crippen LogP contribution is 2.36. The monoisotopic (exact) mass is 309 g/mol. The predicted molar refractivity (Wildman–Crippen MR) is 75.9 cm³/mol. The molecule has 0 aliphatic carbocycles. The lowest BCUT2D eigenvalue weighted by Gasteiger charge is -2.28. The van der Waals surface area contributed by atoms with Gasteiger partial charge in [-0.25, -0.2) is 9.67 Å². The molecule has 1 aliphatic rings. The Bertz CT molecular complexity index is 576. The number of aromatic nitrogens is 3. The van der Waals surface area contributed by atoms with Crippen LogP contribution in [0.4, 0.5) is 0 Å². The molecule has 0 amide bonds. The van der Waals surface area contributed by atoms with Gasteiger partial charge in [0.2, 0.25) is 5.79 Å². The van der Waals surface area contributed by atoms with Crippen molar-refractivity contribution in [1.82, 2.24) is 14.8 Å². The third-order valence-corrected chi connectivity index (χ3v) is 3.58. The summed E-state index contributed by atoms with van der Waals surface area (Å²) in [5.74, 6) is -0.901. The average Bonchev–Trinajstić information content (AvgIpc) is 3.11. The minimum Gasteiger partial charge on any atom is -0.382 e. The molecule has 3 rings (SSSR count). The minimum atomic E-state index is -0.901. The van der Waals surface area contributed by atoms with Gasteiger partial charge in [0.05, 0.1) is 13.2 Å². The van der Waals surface area contributed by atoms with E-state index in [0.717, 1.165) is 5.56 Å². The highest BCUT2D eigenvalue weighted by Gasteiger charge is 2.44. The van der Waals surface area contributed by atoms with Gasteiger partial charge in [-0.3, -0.25) is 0 Å². The first-order valence-electron chi connectivity index (χ1n) is 6.61. The molecular formula is C14H16ClN3O3. The van der Waals surface area contributed by atoms with Crippen molar-refractivity contribution in [3.63, 3.8) is 0 Å². The molecule has 1 saturated heterocycles. The van der Waals surface area contributed by atoms with E-state index in [9.17, 15) is 0 Å². The Hall–Kier alpha value is -1.47. The summed E-state index contributed by atoms with van der Waals surface area (Å²) in [6.45, 7) is 1.35. The predicted octanol–water partition coefficient (Wildman–Crippen LogP) is 1.85. The lowest BCUT2D eigenvalue weighted by atomic mass is 10.1. The molecule has 2 heterocycles. The molecule has 7 heteroatoms. The maximum Gasteiger partial charge on any atom is 0.215 e. The van der Waals surface area contributed by atoms with E-state index in [-0.39, 0.29) is 6.10 Å². The summed E-state index contributed by atoms with van der Waals surface area (Å²) in [5.41, 5.74) is 0.890. The second-order valence-electron chi connectivity index (χ2n) is 4.86. The number of ether oxygens (including phenoxy) is 3. The zero-order chi connectivity index (χ0) is 14.7. The molecule has 1 aromatic carbocycles. The number of halogens is 1. The van der Waals surface area contributed by atoms with E-state index < -0.39 is 5.79 Å². The summed E-state index contributed by atoms with van der Waals surface area (Å²) in [4.78, 5) is 3.95. The van der Waals surface area contributed by atoms with E-state index in [4.69, 9.17) is 25.8 Å². The average molecular weight is 310 g/mol. The lowest BCUT2D eigenvalue weighted by molar-refractivity contribution is -0.192. The molecule has 0 bridgehead atoms. The van der Waals surface area contributed by atoms with Gasteiger partial charge in [-0.05, 0) is 12.1 Å². The molecule has 6 nitrogen and oxygen atoms in total. The van der Waals surface area contributed by atoms with Gasteiger partial charge in [0.25, 0.3) is 0 Å². The number of rotatable bonds is 5. The van der Waals surface area contributed by atoms with Crippen LogP contribution in [-0.4, -0.2) is 41.2 Å². The quantitative estimate of drug-likeness (QED) is 0.843. The van der Waals surface area contributed by atoms with Crippen LogP contribution in [-0.2, 0) is 26.5 Å². The van der Waals surface area contributed by atoms with Gasteiger partial charge in [0.1, 0.15) is 25.3 Å². The van der Waals surface area contributed by atoms with Crippen molar-refractivity contribution in [3.05, 3.63) is 47.5 Å². The maximum absolute atomic E-state index is 6.11.